The van der Waals surface area contributed by atoms with Gasteiger partial charge in [0.25, 0.3) is 17.4 Å². The van der Waals surface area contributed by atoms with Crippen LogP contribution in [0.25, 0.3) is 16.7 Å². The third-order valence-corrected chi connectivity index (χ3v) is 7.30. The number of amides is 1. The number of aromatic amines is 1. The Morgan fingerprint density at radius 1 is 1.13 bits per heavy atom. The van der Waals surface area contributed by atoms with Gasteiger partial charge in [0.1, 0.15) is 11.5 Å². The van der Waals surface area contributed by atoms with E-state index in [1.165, 1.54) is 41.3 Å². The fourth-order valence-electron chi connectivity index (χ4n) is 4.88. The van der Waals surface area contributed by atoms with E-state index in [-0.39, 0.29) is 34.0 Å². The summed E-state index contributed by atoms with van der Waals surface area (Å²) in [4.78, 5) is 42.5. The summed E-state index contributed by atoms with van der Waals surface area (Å²) >= 11 is 12.3. The largest absolute Gasteiger partial charge is 0.507 e. The number of aliphatic hydroxyl groups is 1. The highest BCUT2D eigenvalue weighted by Gasteiger charge is 2.48. The van der Waals surface area contributed by atoms with Crippen LogP contribution in [0.2, 0.25) is 10.0 Å². The highest BCUT2D eigenvalue weighted by atomic mass is 35.5. The van der Waals surface area contributed by atoms with Gasteiger partial charge in [-0.25, -0.2) is 0 Å². The van der Waals surface area contributed by atoms with Crippen molar-refractivity contribution in [3.63, 3.8) is 0 Å². The van der Waals surface area contributed by atoms with Crippen molar-refractivity contribution in [3.05, 3.63) is 109 Å². The summed E-state index contributed by atoms with van der Waals surface area (Å²) in [5.74, 6) is -1.74. The van der Waals surface area contributed by atoms with Crippen molar-refractivity contribution < 1.29 is 24.4 Å². The van der Waals surface area contributed by atoms with E-state index in [0.717, 1.165) is 16.5 Å². The molecule has 11 heteroatoms. The van der Waals surface area contributed by atoms with Gasteiger partial charge >= 0.3 is 0 Å². The number of nitrogens with zero attached hydrogens (tertiary/aromatic N) is 2. The molecule has 1 amide bonds. The van der Waals surface area contributed by atoms with Crippen LogP contribution in [-0.4, -0.2) is 45.3 Å². The number of nitro groups is 1. The van der Waals surface area contributed by atoms with E-state index in [0.29, 0.717) is 17.2 Å². The summed E-state index contributed by atoms with van der Waals surface area (Å²) in [6.07, 6.45) is 2.12. The number of para-hydroxylation sites is 1. The maximum Gasteiger partial charge on any atom is 0.295 e. The van der Waals surface area contributed by atoms with Gasteiger partial charge in [0.05, 0.1) is 34.2 Å². The number of aliphatic hydroxyl groups excluding tert-OH is 1. The van der Waals surface area contributed by atoms with Crippen LogP contribution in [0, 0.1) is 10.1 Å². The summed E-state index contributed by atoms with van der Waals surface area (Å²) in [7, 11) is 1.56. The van der Waals surface area contributed by atoms with E-state index in [1.54, 1.807) is 19.4 Å². The first-order chi connectivity index (χ1) is 18.7. The standard InChI is InChI=1S/C28H21Cl2N3O6/c1-39-17-7-9-22-20(13-17)15(14-31-22)10-11-32-25(19-4-2-3-5-23(19)33(37)38)24(27(35)28(32)36)26(34)18-8-6-16(29)12-21(18)30/h2-9,12-14,25,31,34H,10-11H2,1H3/t25-/m1/s1. The summed E-state index contributed by atoms with van der Waals surface area (Å²) in [6, 6.07) is 14.4. The lowest BCUT2D eigenvalue weighted by Crippen LogP contribution is -2.32. The van der Waals surface area contributed by atoms with Crippen LogP contribution in [0.1, 0.15) is 22.7 Å². The molecule has 198 valence electrons. The van der Waals surface area contributed by atoms with Crippen LogP contribution in [0.4, 0.5) is 5.69 Å². The molecular formula is C28H21Cl2N3O6. The zero-order chi connectivity index (χ0) is 27.8. The summed E-state index contributed by atoms with van der Waals surface area (Å²) in [5, 5.41) is 24.4. The van der Waals surface area contributed by atoms with Crippen molar-refractivity contribution in [2.24, 2.45) is 0 Å². The maximum absolute atomic E-state index is 13.4. The molecule has 1 aliphatic heterocycles. The van der Waals surface area contributed by atoms with Gasteiger partial charge < -0.3 is 19.7 Å². The minimum absolute atomic E-state index is 0.0383. The van der Waals surface area contributed by atoms with Crippen molar-refractivity contribution in [1.29, 1.82) is 0 Å². The number of nitrogens with one attached hydrogen (secondary N) is 1. The maximum atomic E-state index is 13.4. The van der Waals surface area contributed by atoms with Gasteiger partial charge in [0, 0.05) is 40.3 Å². The van der Waals surface area contributed by atoms with Crippen molar-refractivity contribution in [1.82, 2.24) is 9.88 Å². The van der Waals surface area contributed by atoms with Gasteiger partial charge in [-0.3, -0.25) is 19.7 Å². The minimum atomic E-state index is -1.22. The average molecular weight is 566 g/mol. The number of likely N-dealkylation sites (tertiary alicyclic amines) is 1. The van der Waals surface area contributed by atoms with E-state index < -0.39 is 28.4 Å². The van der Waals surface area contributed by atoms with Crippen LogP contribution in [-0.2, 0) is 16.0 Å². The molecule has 9 nitrogen and oxygen atoms in total. The normalized spacial score (nSPS) is 16.7. The molecule has 1 atom stereocenters. The Kier molecular flexibility index (Phi) is 7.03. The van der Waals surface area contributed by atoms with E-state index in [2.05, 4.69) is 4.98 Å². The predicted molar refractivity (Wildman–Crippen MR) is 147 cm³/mol. The van der Waals surface area contributed by atoms with E-state index in [9.17, 15) is 24.8 Å². The predicted octanol–water partition coefficient (Wildman–Crippen LogP) is 6.06. The second kappa shape index (κ2) is 10.4. The first kappa shape index (κ1) is 26.3. The fourth-order valence-corrected chi connectivity index (χ4v) is 5.38. The number of carbonyl (C=O) groups excluding carboxylic acids is 2. The number of aromatic nitrogens is 1. The third-order valence-electron chi connectivity index (χ3n) is 6.75. The van der Waals surface area contributed by atoms with Crippen LogP contribution >= 0.6 is 23.2 Å². The van der Waals surface area contributed by atoms with Crippen molar-refractivity contribution in [2.45, 2.75) is 12.5 Å². The van der Waals surface area contributed by atoms with E-state index in [1.807, 2.05) is 18.2 Å². The van der Waals surface area contributed by atoms with Crippen LogP contribution in [0.15, 0.2) is 72.4 Å². The first-order valence-corrected chi connectivity index (χ1v) is 12.6. The second-order valence-electron chi connectivity index (χ2n) is 8.91. The lowest BCUT2D eigenvalue weighted by molar-refractivity contribution is -0.385. The summed E-state index contributed by atoms with van der Waals surface area (Å²) < 4.78 is 5.33. The molecule has 2 heterocycles. The van der Waals surface area contributed by atoms with E-state index in [4.69, 9.17) is 27.9 Å². The second-order valence-corrected chi connectivity index (χ2v) is 9.75. The zero-order valence-electron chi connectivity index (χ0n) is 20.5. The molecular weight excluding hydrogens is 545 g/mol. The molecule has 1 aromatic heterocycles. The number of halogens is 2. The minimum Gasteiger partial charge on any atom is -0.507 e. The molecule has 39 heavy (non-hydrogen) atoms. The molecule has 1 saturated heterocycles. The molecule has 3 aromatic carbocycles. The fraction of sp³-hybridized carbons (Fsp3) is 0.143. The smallest absolute Gasteiger partial charge is 0.295 e. The molecule has 2 N–H and O–H groups in total. The van der Waals surface area contributed by atoms with Gasteiger partial charge in [0.15, 0.2) is 0 Å². The molecule has 0 bridgehead atoms. The molecule has 4 aromatic rings. The topological polar surface area (TPSA) is 126 Å². The van der Waals surface area contributed by atoms with Crippen molar-refractivity contribution in [2.75, 3.05) is 13.7 Å². The lowest BCUT2D eigenvalue weighted by atomic mass is 9.94. The van der Waals surface area contributed by atoms with Crippen LogP contribution < -0.4 is 4.74 Å². The Balaban J connectivity index is 1.63. The lowest BCUT2D eigenvalue weighted by Gasteiger charge is -2.25. The molecule has 0 radical (unpaired) electrons. The number of ether oxygens (including phenoxy) is 1. The van der Waals surface area contributed by atoms with Gasteiger partial charge in [-0.2, -0.15) is 0 Å². The molecule has 1 aliphatic rings. The highest BCUT2D eigenvalue weighted by molar-refractivity contribution is 6.47. The summed E-state index contributed by atoms with van der Waals surface area (Å²) in [6.45, 7) is 0.0383. The number of H-pyrrole nitrogens is 1. The molecule has 1 fully saturated rings. The number of rotatable bonds is 7. The number of carbonyl (C=O) groups is 2. The highest BCUT2D eigenvalue weighted by Crippen LogP contribution is 2.43. The first-order valence-electron chi connectivity index (χ1n) is 11.8. The summed E-state index contributed by atoms with van der Waals surface area (Å²) in [5.41, 5.74) is 1.30. The molecule has 5 rings (SSSR count). The number of nitro benzene ring substituents is 1. The molecule has 0 unspecified atom stereocenters. The number of hydrogen-bond acceptors (Lipinski definition) is 6. The number of benzene rings is 3. The number of methoxy groups -OCH3 is 1. The van der Waals surface area contributed by atoms with Gasteiger partial charge in [-0.1, -0.05) is 35.3 Å². The van der Waals surface area contributed by atoms with Gasteiger partial charge in [0.2, 0.25) is 0 Å². The van der Waals surface area contributed by atoms with Crippen molar-refractivity contribution in [3.8, 4) is 5.75 Å². The Labute approximate surface area is 232 Å². The quantitative estimate of drug-likeness (QED) is 0.0922. The third kappa shape index (κ3) is 4.71. The average Bonchev–Trinajstić information content (AvgIpc) is 3.44. The molecule has 0 spiro atoms. The zero-order valence-corrected chi connectivity index (χ0v) is 22.0. The number of hydrogen-bond donors (Lipinski definition) is 2. The van der Waals surface area contributed by atoms with Crippen LogP contribution in [0.5, 0.6) is 5.75 Å². The number of ketones is 1. The van der Waals surface area contributed by atoms with E-state index >= 15 is 0 Å². The monoisotopic (exact) mass is 565 g/mol. The molecule has 0 aliphatic carbocycles. The Morgan fingerprint density at radius 3 is 2.62 bits per heavy atom. The Morgan fingerprint density at radius 2 is 1.90 bits per heavy atom. The Bertz CT molecular complexity index is 1680. The Hall–Kier alpha value is -4.34. The van der Waals surface area contributed by atoms with Gasteiger partial charge in [-0.05, 0) is 54.4 Å². The SMILES string of the molecule is COc1ccc2[nH]cc(CCN3C(=O)C(=O)C(=C(O)c4ccc(Cl)cc4Cl)[C@H]3c3ccccc3[N+](=O)[O-])c2c1. The number of fused-ring (bicyclic) bond motifs is 1. The molecule has 0 saturated carbocycles. The number of Topliss-reactive ketones (excluding diaryl/α,β-unsaturated/α-hetero) is 1. The van der Waals surface area contributed by atoms with Crippen molar-refractivity contribution >= 4 is 57.2 Å². The van der Waals surface area contributed by atoms with Gasteiger partial charge in [-0.15, -0.1) is 0 Å². The van der Waals surface area contributed by atoms with Crippen LogP contribution in [0.3, 0.4) is 0 Å².